The van der Waals surface area contributed by atoms with Crippen molar-refractivity contribution in [3.63, 3.8) is 0 Å². The van der Waals surface area contributed by atoms with E-state index in [9.17, 15) is 4.79 Å². The van der Waals surface area contributed by atoms with Crippen LogP contribution in [0.4, 0.5) is 5.82 Å². The van der Waals surface area contributed by atoms with Gasteiger partial charge in [-0.15, -0.1) is 0 Å². The van der Waals surface area contributed by atoms with E-state index >= 15 is 0 Å². The van der Waals surface area contributed by atoms with E-state index in [0.29, 0.717) is 37.3 Å². The number of nitrogens with zero attached hydrogens (tertiary/aromatic N) is 3. The smallest absolute Gasteiger partial charge is 0.341 e. The van der Waals surface area contributed by atoms with Crippen LogP contribution in [0.15, 0.2) is 11.4 Å². The Morgan fingerprint density at radius 1 is 1.53 bits per heavy atom. The Balaban J connectivity index is 2.36. The van der Waals surface area contributed by atoms with Crippen molar-refractivity contribution in [1.82, 2.24) is 9.97 Å². The molecule has 92 valence electrons. The van der Waals surface area contributed by atoms with E-state index in [1.165, 1.54) is 18.0 Å². The number of anilines is 1. The van der Waals surface area contributed by atoms with Gasteiger partial charge in [0, 0.05) is 19.3 Å². The van der Waals surface area contributed by atoms with Crippen molar-refractivity contribution in [2.24, 2.45) is 0 Å². The van der Waals surface area contributed by atoms with E-state index in [1.54, 1.807) is 0 Å². The number of hydrogen-bond acceptors (Lipinski definition) is 6. The van der Waals surface area contributed by atoms with E-state index < -0.39 is 5.97 Å². The summed E-state index contributed by atoms with van der Waals surface area (Å²) in [5.74, 6) is -0.515. The Kier molecular flexibility index (Phi) is 3.80. The van der Waals surface area contributed by atoms with Crippen LogP contribution in [0.5, 0.6) is 0 Å². The highest BCUT2D eigenvalue weighted by Crippen LogP contribution is 2.21. The number of morpholine rings is 1. The summed E-state index contributed by atoms with van der Waals surface area (Å²) in [6.07, 6.45) is 3.23. The maximum atomic E-state index is 11.1. The van der Waals surface area contributed by atoms with Gasteiger partial charge in [-0.05, 0) is 6.26 Å². The Morgan fingerprint density at radius 2 is 2.24 bits per heavy atom. The number of rotatable bonds is 3. The number of carboxylic acid groups (broad SMARTS) is 1. The van der Waals surface area contributed by atoms with E-state index in [1.807, 2.05) is 11.2 Å². The zero-order valence-electron chi connectivity index (χ0n) is 9.42. The molecule has 1 saturated heterocycles. The molecule has 6 nitrogen and oxygen atoms in total. The third kappa shape index (κ3) is 2.67. The third-order valence-electron chi connectivity index (χ3n) is 2.47. The second kappa shape index (κ2) is 5.33. The van der Waals surface area contributed by atoms with E-state index in [4.69, 9.17) is 9.84 Å². The lowest BCUT2D eigenvalue weighted by molar-refractivity contribution is 0.0695. The molecule has 0 spiro atoms. The van der Waals surface area contributed by atoms with Crippen molar-refractivity contribution in [3.05, 3.63) is 11.8 Å². The highest BCUT2D eigenvalue weighted by molar-refractivity contribution is 7.98. The topological polar surface area (TPSA) is 75.5 Å². The molecule has 0 aromatic carbocycles. The molecule has 0 aliphatic carbocycles. The summed E-state index contributed by atoms with van der Waals surface area (Å²) in [6.45, 7) is 2.51. The van der Waals surface area contributed by atoms with Crippen molar-refractivity contribution in [2.45, 2.75) is 5.16 Å². The minimum absolute atomic E-state index is 0.143. The van der Waals surface area contributed by atoms with Gasteiger partial charge < -0.3 is 14.7 Å². The maximum Gasteiger partial charge on any atom is 0.341 e. The minimum Gasteiger partial charge on any atom is -0.477 e. The summed E-state index contributed by atoms with van der Waals surface area (Å²) in [5, 5.41) is 9.70. The van der Waals surface area contributed by atoms with Crippen LogP contribution < -0.4 is 4.90 Å². The molecule has 1 N–H and O–H groups in total. The van der Waals surface area contributed by atoms with Gasteiger partial charge in [0.1, 0.15) is 11.4 Å². The second-order valence-electron chi connectivity index (χ2n) is 3.50. The Bertz CT molecular complexity index is 421. The fourth-order valence-corrected chi connectivity index (χ4v) is 1.96. The number of ether oxygens (including phenoxy) is 1. The molecule has 0 radical (unpaired) electrons. The highest BCUT2D eigenvalue weighted by Gasteiger charge is 2.21. The summed E-state index contributed by atoms with van der Waals surface area (Å²) >= 11 is 1.39. The predicted molar refractivity (Wildman–Crippen MR) is 63.8 cm³/mol. The van der Waals surface area contributed by atoms with Gasteiger partial charge >= 0.3 is 5.97 Å². The molecule has 1 aromatic rings. The first-order valence-corrected chi connectivity index (χ1v) is 6.42. The van der Waals surface area contributed by atoms with Gasteiger partial charge in [0.15, 0.2) is 5.16 Å². The summed E-state index contributed by atoms with van der Waals surface area (Å²) in [7, 11) is 0. The van der Waals surface area contributed by atoms with Gasteiger partial charge in [0.25, 0.3) is 0 Å². The fraction of sp³-hybridized carbons (Fsp3) is 0.500. The number of carbonyl (C=O) groups is 1. The highest BCUT2D eigenvalue weighted by atomic mass is 32.2. The lowest BCUT2D eigenvalue weighted by Crippen LogP contribution is -2.37. The van der Waals surface area contributed by atoms with Crippen molar-refractivity contribution < 1.29 is 14.6 Å². The molecule has 1 aromatic heterocycles. The lowest BCUT2D eigenvalue weighted by atomic mass is 10.2. The van der Waals surface area contributed by atoms with Gasteiger partial charge in [-0.3, -0.25) is 0 Å². The number of aromatic carboxylic acids is 1. The Hall–Kier alpha value is -1.34. The first-order chi connectivity index (χ1) is 8.22. The quantitative estimate of drug-likeness (QED) is 0.630. The zero-order valence-corrected chi connectivity index (χ0v) is 10.2. The van der Waals surface area contributed by atoms with Crippen molar-refractivity contribution in [2.75, 3.05) is 37.5 Å². The first-order valence-electron chi connectivity index (χ1n) is 5.19. The molecular formula is C10H13N3O3S. The zero-order chi connectivity index (χ0) is 12.3. The molecular weight excluding hydrogens is 242 g/mol. The lowest BCUT2D eigenvalue weighted by Gasteiger charge is -2.28. The van der Waals surface area contributed by atoms with Crippen LogP contribution in [0.2, 0.25) is 0 Å². The van der Waals surface area contributed by atoms with Crippen LogP contribution >= 0.6 is 11.8 Å². The average molecular weight is 255 g/mol. The van der Waals surface area contributed by atoms with Crippen molar-refractivity contribution >= 4 is 23.5 Å². The van der Waals surface area contributed by atoms with Crippen LogP contribution in [0.25, 0.3) is 0 Å². The molecule has 0 saturated carbocycles. The Morgan fingerprint density at radius 3 is 2.82 bits per heavy atom. The molecule has 0 bridgehead atoms. The maximum absolute atomic E-state index is 11.1. The van der Waals surface area contributed by atoms with Gasteiger partial charge in [-0.25, -0.2) is 14.8 Å². The van der Waals surface area contributed by atoms with Crippen LogP contribution in [0.3, 0.4) is 0 Å². The molecule has 1 aliphatic rings. The average Bonchev–Trinajstić information content (AvgIpc) is 2.39. The molecule has 1 aliphatic heterocycles. The summed E-state index contributed by atoms with van der Waals surface area (Å²) in [5.41, 5.74) is 0.143. The molecule has 7 heteroatoms. The number of hydrogen-bond donors (Lipinski definition) is 1. The molecule has 0 unspecified atom stereocenters. The van der Waals surface area contributed by atoms with Crippen LogP contribution in [0, 0.1) is 0 Å². The van der Waals surface area contributed by atoms with Crippen molar-refractivity contribution in [1.29, 1.82) is 0 Å². The summed E-state index contributed by atoms with van der Waals surface area (Å²) < 4.78 is 5.24. The van der Waals surface area contributed by atoms with Gasteiger partial charge in [-0.1, -0.05) is 11.8 Å². The SMILES string of the molecule is CSc1ncc(C(=O)O)c(N2CCOCC2)n1. The largest absolute Gasteiger partial charge is 0.477 e. The second-order valence-corrected chi connectivity index (χ2v) is 4.27. The van der Waals surface area contributed by atoms with Gasteiger partial charge in [0.2, 0.25) is 0 Å². The molecule has 0 atom stereocenters. The third-order valence-corrected chi connectivity index (χ3v) is 3.03. The monoisotopic (exact) mass is 255 g/mol. The molecule has 2 heterocycles. The predicted octanol–water partition coefficient (Wildman–Crippen LogP) is 0.733. The van der Waals surface area contributed by atoms with Crippen LogP contribution in [0.1, 0.15) is 10.4 Å². The normalized spacial score (nSPS) is 15.9. The fourth-order valence-electron chi connectivity index (χ4n) is 1.62. The minimum atomic E-state index is -1.00. The van der Waals surface area contributed by atoms with Crippen LogP contribution in [-0.2, 0) is 4.74 Å². The summed E-state index contributed by atoms with van der Waals surface area (Å²) in [4.78, 5) is 21.3. The molecule has 1 fully saturated rings. The van der Waals surface area contributed by atoms with Crippen LogP contribution in [-0.4, -0.2) is 53.6 Å². The number of carboxylic acids is 1. The molecule has 17 heavy (non-hydrogen) atoms. The van der Waals surface area contributed by atoms with Crippen molar-refractivity contribution in [3.8, 4) is 0 Å². The molecule has 2 rings (SSSR count). The summed E-state index contributed by atoms with van der Waals surface area (Å²) in [6, 6.07) is 0. The van der Waals surface area contributed by atoms with E-state index in [0.717, 1.165) is 0 Å². The van der Waals surface area contributed by atoms with Gasteiger partial charge in [-0.2, -0.15) is 0 Å². The van der Waals surface area contributed by atoms with E-state index in [2.05, 4.69) is 9.97 Å². The molecule has 0 amide bonds. The van der Waals surface area contributed by atoms with E-state index in [-0.39, 0.29) is 5.56 Å². The number of thioether (sulfide) groups is 1. The number of aromatic nitrogens is 2. The Labute approximate surface area is 103 Å². The first kappa shape index (κ1) is 12.1. The standard InChI is InChI=1S/C10H13N3O3S/c1-17-10-11-6-7(9(14)15)8(12-10)13-2-4-16-5-3-13/h6H,2-5H2,1H3,(H,14,15). The van der Waals surface area contributed by atoms with Gasteiger partial charge in [0.05, 0.1) is 13.2 Å².